The van der Waals surface area contributed by atoms with Crippen LogP contribution in [-0.2, 0) is 6.42 Å². The van der Waals surface area contributed by atoms with E-state index in [4.69, 9.17) is 0 Å². The molecular formula is C14H15N3. The van der Waals surface area contributed by atoms with Crippen LogP contribution in [0.5, 0.6) is 0 Å². The van der Waals surface area contributed by atoms with Gasteiger partial charge >= 0.3 is 0 Å². The van der Waals surface area contributed by atoms with E-state index in [9.17, 15) is 0 Å². The molecule has 1 aliphatic rings. The number of rotatable bonds is 2. The van der Waals surface area contributed by atoms with Crippen molar-refractivity contribution >= 4 is 17.1 Å². The SMILES string of the molecule is CCc1cn(N2C=CC=NC2)c2ccccc12. The normalized spacial score (nSPS) is 14.8. The summed E-state index contributed by atoms with van der Waals surface area (Å²) in [6.07, 6.45) is 9.11. The van der Waals surface area contributed by atoms with Gasteiger partial charge in [0.1, 0.15) is 6.67 Å². The van der Waals surface area contributed by atoms with E-state index in [0.717, 1.165) is 6.42 Å². The maximum Gasteiger partial charge on any atom is 0.129 e. The van der Waals surface area contributed by atoms with Gasteiger partial charge in [-0.15, -0.1) is 0 Å². The van der Waals surface area contributed by atoms with Crippen molar-refractivity contribution in [2.45, 2.75) is 13.3 Å². The number of aromatic nitrogens is 1. The highest BCUT2D eigenvalue weighted by Crippen LogP contribution is 2.22. The summed E-state index contributed by atoms with van der Waals surface area (Å²) in [6.45, 7) is 2.87. The van der Waals surface area contributed by atoms with Crippen molar-refractivity contribution < 1.29 is 0 Å². The minimum Gasteiger partial charge on any atom is -0.270 e. The van der Waals surface area contributed by atoms with Crippen LogP contribution < -0.4 is 5.01 Å². The highest BCUT2D eigenvalue weighted by Gasteiger charge is 2.10. The smallest absolute Gasteiger partial charge is 0.129 e. The Morgan fingerprint density at radius 2 is 2.18 bits per heavy atom. The third-order valence-electron chi connectivity index (χ3n) is 3.11. The summed E-state index contributed by atoms with van der Waals surface area (Å²) in [7, 11) is 0. The summed E-state index contributed by atoms with van der Waals surface area (Å²) >= 11 is 0. The molecule has 2 aromatic rings. The first kappa shape index (κ1) is 10.1. The molecule has 0 atom stereocenters. The first-order valence-corrected chi connectivity index (χ1v) is 5.92. The molecule has 3 nitrogen and oxygen atoms in total. The standard InChI is InChI=1S/C14H15N3/c1-2-12-10-17(16-9-5-8-15-11-16)14-7-4-3-6-13(12)14/h3-10H,2,11H2,1H3. The Bertz CT molecular complexity index is 593. The van der Waals surface area contributed by atoms with Crippen LogP contribution in [0.4, 0.5) is 0 Å². The predicted octanol–water partition coefficient (Wildman–Crippen LogP) is 2.70. The van der Waals surface area contributed by atoms with Crippen molar-refractivity contribution in [1.29, 1.82) is 0 Å². The van der Waals surface area contributed by atoms with Crippen LogP contribution in [0.2, 0.25) is 0 Å². The van der Waals surface area contributed by atoms with Crippen molar-refractivity contribution in [2.75, 3.05) is 11.7 Å². The Balaban J connectivity index is 2.16. The minimum atomic E-state index is 0.679. The molecule has 1 aliphatic heterocycles. The zero-order chi connectivity index (χ0) is 11.7. The van der Waals surface area contributed by atoms with E-state index < -0.39 is 0 Å². The number of hydrogen-bond donors (Lipinski definition) is 0. The Labute approximate surface area is 101 Å². The molecule has 0 N–H and O–H groups in total. The summed E-state index contributed by atoms with van der Waals surface area (Å²) in [5.41, 5.74) is 2.62. The van der Waals surface area contributed by atoms with Crippen LogP contribution in [0.3, 0.4) is 0 Å². The molecule has 0 saturated carbocycles. The summed E-state index contributed by atoms with van der Waals surface area (Å²) < 4.78 is 2.18. The van der Waals surface area contributed by atoms with E-state index in [1.54, 1.807) is 0 Å². The van der Waals surface area contributed by atoms with E-state index in [1.807, 2.05) is 12.3 Å². The monoisotopic (exact) mass is 225 g/mol. The first-order valence-electron chi connectivity index (χ1n) is 5.92. The molecule has 17 heavy (non-hydrogen) atoms. The van der Waals surface area contributed by atoms with Crippen molar-refractivity contribution in [3.63, 3.8) is 0 Å². The Hall–Kier alpha value is -2.03. The van der Waals surface area contributed by atoms with Gasteiger partial charge in [0, 0.05) is 24.0 Å². The maximum absolute atomic E-state index is 4.27. The summed E-state index contributed by atoms with van der Waals surface area (Å²) in [4.78, 5) is 4.27. The lowest BCUT2D eigenvalue weighted by molar-refractivity contribution is 0.712. The van der Waals surface area contributed by atoms with E-state index in [1.165, 1.54) is 16.5 Å². The lowest BCUT2D eigenvalue weighted by Gasteiger charge is -2.22. The van der Waals surface area contributed by atoms with Gasteiger partial charge in [0.2, 0.25) is 0 Å². The molecule has 2 heterocycles. The van der Waals surface area contributed by atoms with Crippen LogP contribution in [-0.4, -0.2) is 17.6 Å². The van der Waals surface area contributed by atoms with Crippen molar-refractivity contribution in [3.8, 4) is 0 Å². The number of allylic oxidation sites excluding steroid dienone is 1. The molecule has 1 aromatic heterocycles. The Kier molecular flexibility index (Phi) is 2.44. The number of aryl methyl sites for hydroxylation is 1. The Morgan fingerprint density at radius 1 is 1.29 bits per heavy atom. The molecule has 1 aromatic carbocycles. The van der Waals surface area contributed by atoms with Gasteiger partial charge < -0.3 is 0 Å². The maximum atomic E-state index is 4.27. The van der Waals surface area contributed by atoms with Crippen molar-refractivity contribution in [2.24, 2.45) is 4.99 Å². The number of hydrogen-bond acceptors (Lipinski definition) is 2. The number of para-hydroxylation sites is 1. The molecular weight excluding hydrogens is 210 g/mol. The third kappa shape index (κ3) is 1.64. The summed E-state index contributed by atoms with van der Waals surface area (Å²) in [5, 5.41) is 3.44. The molecule has 0 bridgehead atoms. The number of nitrogens with zero attached hydrogens (tertiary/aromatic N) is 3. The highest BCUT2D eigenvalue weighted by molar-refractivity contribution is 5.84. The molecule has 0 spiro atoms. The van der Waals surface area contributed by atoms with Crippen LogP contribution in [0.25, 0.3) is 10.9 Å². The average Bonchev–Trinajstić information content (AvgIpc) is 2.78. The largest absolute Gasteiger partial charge is 0.270 e. The van der Waals surface area contributed by atoms with Gasteiger partial charge in [0.05, 0.1) is 5.52 Å². The number of aliphatic imine (C=N–C) groups is 1. The second-order valence-electron chi connectivity index (χ2n) is 4.12. The lowest BCUT2D eigenvalue weighted by Crippen LogP contribution is -2.29. The Morgan fingerprint density at radius 3 is 2.94 bits per heavy atom. The number of benzene rings is 1. The van der Waals surface area contributed by atoms with E-state index in [0.29, 0.717) is 6.67 Å². The van der Waals surface area contributed by atoms with Gasteiger partial charge in [0.15, 0.2) is 0 Å². The molecule has 0 saturated heterocycles. The second-order valence-corrected chi connectivity index (χ2v) is 4.12. The fraction of sp³-hybridized carbons (Fsp3) is 0.214. The topological polar surface area (TPSA) is 20.5 Å². The van der Waals surface area contributed by atoms with Gasteiger partial charge in [-0.2, -0.15) is 0 Å². The van der Waals surface area contributed by atoms with Gasteiger partial charge in [-0.05, 0) is 24.1 Å². The van der Waals surface area contributed by atoms with E-state index in [2.05, 4.69) is 58.3 Å². The van der Waals surface area contributed by atoms with Crippen LogP contribution in [0, 0.1) is 0 Å². The van der Waals surface area contributed by atoms with Gasteiger partial charge in [-0.25, -0.2) is 0 Å². The van der Waals surface area contributed by atoms with Crippen LogP contribution >= 0.6 is 0 Å². The molecule has 86 valence electrons. The fourth-order valence-electron chi connectivity index (χ4n) is 2.24. The quantitative estimate of drug-likeness (QED) is 0.769. The fourth-order valence-corrected chi connectivity index (χ4v) is 2.24. The van der Waals surface area contributed by atoms with Crippen molar-refractivity contribution in [1.82, 2.24) is 4.68 Å². The molecule has 3 rings (SSSR count). The molecule has 0 fully saturated rings. The van der Waals surface area contributed by atoms with Crippen LogP contribution in [0.1, 0.15) is 12.5 Å². The minimum absolute atomic E-state index is 0.679. The molecule has 0 unspecified atom stereocenters. The lowest BCUT2D eigenvalue weighted by atomic mass is 10.1. The summed E-state index contributed by atoms with van der Waals surface area (Å²) in [5.74, 6) is 0. The highest BCUT2D eigenvalue weighted by atomic mass is 15.6. The van der Waals surface area contributed by atoms with Crippen LogP contribution in [0.15, 0.2) is 47.7 Å². The molecule has 3 heteroatoms. The molecule has 0 aliphatic carbocycles. The van der Waals surface area contributed by atoms with Gasteiger partial charge in [0.25, 0.3) is 0 Å². The zero-order valence-corrected chi connectivity index (χ0v) is 9.87. The zero-order valence-electron chi connectivity index (χ0n) is 9.87. The van der Waals surface area contributed by atoms with E-state index >= 15 is 0 Å². The second kappa shape index (κ2) is 4.09. The summed E-state index contributed by atoms with van der Waals surface area (Å²) in [6, 6.07) is 8.51. The first-order chi connectivity index (χ1) is 8.40. The predicted molar refractivity (Wildman–Crippen MR) is 72.0 cm³/mol. The third-order valence-corrected chi connectivity index (χ3v) is 3.11. The average molecular weight is 225 g/mol. The molecule has 0 amide bonds. The van der Waals surface area contributed by atoms with Gasteiger partial charge in [-0.3, -0.25) is 14.7 Å². The van der Waals surface area contributed by atoms with E-state index in [-0.39, 0.29) is 0 Å². The molecule has 0 radical (unpaired) electrons. The van der Waals surface area contributed by atoms with Crippen molar-refractivity contribution in [3.05, 3.63) is 48.3 Å². The van der Waals surface area contributed by atoms with Gasteiger partial charge in [-0.1, -0.05) is 25.1 Å². The number of fused-ring (bicyclic) bond motifs is 1.